The first-order valence-corrected chi connectivity index (χ1v) is 7.53. The van der Waals surface area contributed by atoms with E-state index in [0.717, 1.165) is 0 Å². The predicted octanol–water partition coefficient (Wildman–Crippen LogP) is 2.77. The van der Waals surface area contributed by atoms with Crippen molar-refractivity contribution >= 4 is 40.9 Å². The van der Waals surface area contributed by atoms with E-state index in [9.17, 15) is 9.90 Å². The SMILES string of the molecule is COc1cc(/C=C2/NC(=S)N(CC(C)C)C2=O)cc(Cl)c1O. The highest BCUT2D eigenvalue weighted by Crippen LogP contribution is 2.35. The van der Waals surface area contributed by atoms with Crippen LogP contribution in [-0.4, -0.2) is 34.7 Å². The topological polar surface area (TPSA) is 61.8 Å². The molecule has 0 radical (unpaired) electrons. The van der Waals surface area contributed by atoms with Crippen LogP contribution in [0.3, 0.4) is 0 Å². The molecule has 7 heteroatoms. The standard InChI is InChI=1S/C15H17ClN2O3S/c1-8(2)7-18-14(20)11(17-15(18)22)5-9-4-10(16)13(19)12(6-9)21-3/h4-6,8,19H,7H2,1-3H3,(H,17,22)/b11-5+. The van der Waals surface area contributed by atoms with Gasteiger partial charge in [0.25, 0.3) is 5.91 Å². The third-order valence-corrected chi connectivity index (χ3v) is 3.70. The van der Waals surface area contributed by atoms with Crippen LogP contribution >= 0.6 is 23.8 Å². The van der Waals surface area contributed by atoms with Crippen LogP contribution in [0.2, 0.25) is 5.02 Å². The van der Waals surface area contributed by atoms with Crippen molar-refractivity contribution in [3.05, 3.63) is 28.4 Å². The summed E-state index contributed by atoms with van der Waals surface area (Å²) < 4.78 is 5.05. The number of benzene rings is 1. The minimum Gasteiger partial charge on any atom is -0.503 e. The molecule has 0 aliphatic carbocycles. The van der Waals surface area contributed by atoms with E-state index in [1.807, 2.05) is 13.8 Å². The summed E-state index contributed by atoms with van der Waals surface area (Å²) in [6, 6.07) is 3.15. The molecule has 0 saturated carbocycles. The molecular weight excluding hydrogens is 324 g/mol. The first-order valence-electron chi connectivity index (χ1n) is 6.74. The largest absolute Gasteiger partial charge is 0.503 e. The third kappa shape index (κ3) is 3.34. The molecule has 0 unspecified atom stereocenters. The molecule has 1 heterocycles. The summed E-state index contributed by atoms with van der Waals surface area (Å²) in [7, 11) is 1.43. The molecule has 1 aliphatic heterocycles. The molecule has 0 bridgehead atoms. The van der Waals surface area contributed by atoms with Gasteiger partial charge in [0.1, 0.15) is 5.70 Å². The summed E-state index contributed by atoms with van der Waals surface area (Å²) >= 11 is 11.1. The second-order valence-electron chi connectivity index (χ2n) is 5.35. The molecular formula is C15H17ClN2O3S. The van der Waals surface area contributed by atoms with Gasteiger partial charge in [0, 0.05) is 6.54 Å². The number of halogens is 1. The fourth-order valence-corrected chi connectivity index (χ4v) is 2.59. The van der Waals surface area contributed by atoms with Crippen molar-refractivity contribution < 1.29 is 14.6 Å². The summed E-state index contributed by atoms with van der Waals surface area (Å²) in [4.78, 5) is 13.9. The van der Waals surface area contributed by atoms with Crippen LogP contribution in [0.25, 0.3) is 6.08 Å². The first kappa shape index (κ1) is 16.6. The maximum Gasteiger partial charge on any atom is 0.276 e. The number of hydrogen-bond acceptors (Lipinski definition) is 4. The normalized spacial score (nSPS) is 16.6. The number of carbonyl (C=O) groups excluding carboxylic acids is 1. The molecule has 2 rings (SSSR count). The zero-order valence-corrected chi connectivity index (χ0v) is 14.1. The molecule has 1 aromatic rings. The monoisotopic (exact) mass is 340 g/mol. The Morgan fingerprint density at radius 2 is 2.18 bits per heavy atom. The molecule has 5 nitrogen and oxygen atoms in total. The summed E-state index contributed by atoms with van der Waals surface area (Å²) in [6.45, 7) is 4.59. The first-order chi connectivity index (χ1) is 10.3. The van der Waals surface area contributed by atoms with Crippen molar-refractivity contribution in [2.24, 2.45) is 5.92 Å². The number of hydrogen-bond donors (Lipinski definition) is 2. The van der Waals surface area contributed by atoms with Crippen LogP contribution in [0.4, 0.5) is 0 Å². The molecule has 2 N–H and O–H groups in total. The molecule has 1 aromatic carbocycles. The molecule has 1 amide bonds. The van der Waals surface area contributed by atoms with Crippen molar-refractivity contribution in [3.8, 4) is 11.5 Å². The highest BCUT2D eigenvalue weighted by molar-refractivity contribution is 7.80. The average Bonchev–Trinajstić information content (AvgIpc) is 2.70. The average molecular weight is 341 g/mol. The second-order valence-corrected chi connectivity index (χ2v) is 6.15. The molecule has 22 heavy (non-hydrogen) atoms. The number of nitrogens with zero attached hydrogens (tertiary/aromatic N) is 1. The van der Waals surface area contributed by atoms with Gasteiger partial charge in [-0.3, -0.25) is 9.69 Å². The Kier molecular flexibility index (Phi) is 4.93. The third-order valence-electron chi connectivity index (χ3n) is 3.09. The van der Waals surface area contributed by atoms with E-state index in [1.165, 1.54) is 12.0 Å². The van der Waals surface area contributed by atoms with Crippen molar-refractivity contribution in [2.45, 2.75) is 13.8 Å². The summed E-state index contributed by atoms with van der Waals surface area (Å²) in [5.41, 5.74) is 0.999. The highest BCUT2D eigenvalue weighted by atomic mass is 35.5. The van der Waals surface area contributed by atoms with Gasteiger partial charge < -0.3 is 15.2 Å². The number of phenols is 1. The van der Waals surface area contributed by atoms with Crippen LogP contribution in [-0.2, 0) is 4.79 Å². The Hall–Kier alpha value is -1.79. The zero-order valence-electron chi connectivity index (χ0n) is 12.5. The molecule has 1 fully saturated rings. The lowest BCUT2D eigenvalue weighted by Crippen LogP contribution is -2.33. The Morgan fingerprint density at radius 3 is 2.77 bits per heavy atom. The van der Waals surface area contributed by atoms with Gasteiger partial charge in [-0.1, -0.05) is 25.4 Å². The second kappa shape index (κ2) is 6.54. The fourth-order valence-electron chi connectivity index (χ4n) is 2.10. The van der Waals surface area contributed by atoms with E-state index in [2.05, 4.69) is 5.32 Å². The lowest BCUT2D eigenvalue weighted by molar-refractivity contribution is -0.122. The van der Waals surface area contributed by atoms with Gasteiger partial charge >= 0.3 is 0 Å². The van der Waals surface area contributed by atoms with Gasteiger partial charge in [-0.15, -0.1) is 0 Å². The van der Waals surface area contributed by atoms with E-state index in [4.69, 9.17) is 28.6 Å². The highest BCUT2D eigenvalue weighted by Gasteiger charge is 2.30. The number of thiocarbonyl (C=S) groups is 1. The van der Waals surface area contributed by atoms with Gasteiger partial charge in [0.05, 0.1) is 12.1 Å². The van der Waals surface area contributed by atoms with E-state index in [-0.39, 0.29) is 22.4 Å². The summed E-state index contributed by atoms with van der Waals surface area (Å²) in [5, 5.41) is 13.2. The Bertz CT molecular complexity index is 658. The van der Waals surface area contributed by atoms with Crippen molar-refractivity contribution in [1.29, 1.82) is 0 Å². The number of rotatable bonds is 4. The minimum atomic E-state index is -0.179. The molecule has 0 aromatic heterocycles. The summed E-state index contributed by atoms with van der Waals surface area (Å²) in [6.07, 6.45) is 1.63. The Morgan fingerprint density at radius 1 is 1.50 bits per heavy atom. The number of phenolic OH excluding ortho intramolecular Hbond substituents is 1. The Labute approximate surface area is 139 Å². The van der Waals surface area contributed by atoms with Gasteiger partial charge in [-0.05, 0) is 41.9 Å². The van der Waals surface area contributed by atoms with E-state index in [0.29, 0.717) is 28.8 Å². The Balaban J connectivity index is 2.33. The molecule has 1 saturated heterocycles. The van der Waals surface area contributed by atoms with Gasteiger partial charge in [-0.2, -0.15) is 0 Å². The number of methoxy groups -OCH3 is 1. The smallest absolute Gasteiger partial charge is 0.276 e. The van der Waals surface area contributed by atoms with Crippen LogP contribution in [0, 0.1) is 5.92 Å². The summed E-state index contributed by atoms with van der Waals surface area (Å²) in [5.74, 6) is 0.244. The number of amides is 1. The predicted molar refractivity (Wildman–Crippen MR) is 89.9 cm³/mol. The maximum absolute atomic E-state index is 12.4. The molecule has 0 atom stereocenters. The lowest BCUT2D eigenvalue weighted by atomic mass is 10.1. The minimum absolute atomic E-state index is 0.131. The van der Waals surface area contributed by atoms with E-state index >= 15 is 0 Å². The van der Waals surface area contributed by atoms with Crippen LogP contribution < -0.4 is 10.1 Å². The molecule has 1 aliphatic rings. The van der Waals surface area contributed by atoms with Crippen molar-refractivity contribution in [2.75, 3.05) is 13.7 Å². The fraction of sp³-hybridized carbons (Fsp3) is 0.333. The quantitative estimate of drug-likeness (QED) is 0.652. The molecule has 0 spiro atoms. The van der Waals surface area contributed by atoms with Crippen LogP contribution in [0.15, 0.2) is 17.8 Å². The van der Waals surface area contributed by atoms with Crippen molar-refractivity contribution in [1.82, 2.24) is 10.2 Å². The number of ether oxygens (including phenoxy) is 1. The zero-order chi connectivity index (χ0) is 16.4. The number of aromatic hydroxyl groups is 1. The van der Waals surface area contributed by atoms with Gasteiger partial charge in [0.2, 0.25) is 0 Å². The molecule has 118 valence electrons. The van der Waals surface area contributed by atoms with E-state index in [1.54, 1.807) is 18.2 Å². The van der Waals surface area contributed by atoms with Crippen molar-refractivity contribution in [3.63, 3.8) is 0 Å². The van der Waals surface area contributed by atoms with Gasteiger partial charge in [-0.25, -0.2) is 0 Å². The number of carbonyl (C=O) groups is 1. The van der Waals surface area contributed by atoms with Crippen LogP contribution in [0.1, 0.15) is 19.4 Å². The number of nitrogens with one attached hydrogen (secondary N) is 1. The lowest BCUT2D eigenvalue weighted by Gasteiger charge is -2.15. The van der Waals surface area contributed by atoms with E-state index < -0.39 is 0 Å². The van der Waals surface area contributed by atoms with Gasteiger partial charge in [0.15, 0.2) is 16.6 Å². The van der Waals surface area contributed by atoms with Crippen LogP contribution in [0.5, 0.6) is 11.5 Å². The maximum atomic E-state index is 12.4.